The number of aromatic nitrogens is 2. The number of rotatable bonds is 4. The first kappa shape index (κ1) is 18.9. The smallest absolute Gasteiger partial charge is 0.257 e. The van der Waals surface area contributed by atoms with Crippen LogP contribution >= 0.6 is 11.6 Å². The van der Waals surface area contributed by atoms with Crippen LogP contribution in [0.1, 0.15) is 55.6 Å². The van der Waals surface area contributed by atoms with Gasteiger partial charge in [0.25, 0.3) is 5.91 Å². The maximum Gasteiger partial charge on any atom is 0.257 e. The molecule has 1 aromatic heterocycles. The van der Waals surface area contributed by atoms with E-state index in [4.69, 9.17) is 17.3 Å². The van der Waals surface area contributed by atoms with Crippen molar-refractivity contribution in [1.29, 1.82) is 0 Å². The van der Waals surface area contributed by atoms with Crippen LogP contribution in [-0.2, 0) is 0 Å². The highest BCUT2D eigenvalue weighted by molar-refractivity contribution is 6.30. The number of carbonyl (C=O) groups excluding carboxylic acids is 1. The molecule has 1 saturated heterocycles. The highest BCUT2D eigenvalue weighted by Crippen LogP contribution is 2.27. The van der Waals surface area contributed by atoms with Gasteiger partial charge in [0.1, 0.15) is 0 Å². The fourth-order valence-corrected chi connectivity index (χ4v) is 3.88. The van der Waals surface area contributed by atoms with Crippen LogP contribution in [0.15, 0.2) is 30.5 Å². The average Bonchev–Trinajstić information content (AvgIpc) is 3.06. The zero-order valence-electron chi connectivity index (χ0n) is 15.7. The van der Waals surface area contributed by atoms with Gasteiger partial charge >= 0.3 is 0 Å². The van der Waals surface area contributed by atoms with E-state index in [1.807, 2.05) is 40.8 Å². The van der Waals surface area contributed by atoms with Crippen LogP contribution < -0.4 is 5.73 Å². The summed E-state index contributed by atoms with van der Waals surface area (Å²) in [5, 5.41) is 5.15. The SMILES string of the molecule is CC(C)c1c(C(=O)N2CCC(C(C)N)CC2)cnn1-c1cccc(Cl)c1. The second-order valence-corrected chi connectivity index (χ2v) is 7.92. The van der Waals surface area contributed by atoms with Crippen LogP contribution in [0.2, 0.25) is 5.02 Å². The van der Waals surface area contributed by atoms with E-state index < -0.39 is 0 Å². The van der Waals surface area contributed by atoms with E-state index in [-0.39, 0.29) is 17.9 Å². The molecule has 1 atom stereocenters. The summed E-state index contributed by atoms with van der Waals surface area (Å²) in [6.45, 7) is 7.72. The van der Waals surface area contributed by atoms with Gasteiger partial charge in [0.15, 0.2) is 0 Å². The van der Waals surface area contributed by atoms with Crippen molar-refractivity contribution in [2.45, 2.75) is 45.6 Å². The lowest BCUT2D eigenvalue weighted by Gasteiger charge is -2.33. The quantitative estimate of drug-likeness (QED) is 0.884. The van der Waals surface area contributed by atoms with Gasteiger partial charge in [0, 0.05) is 24.2 Å². The van der Waals surface area contributed by atoms with Crippen LogP contribution in [0, 0.1) is 5.92 Å². The highest BCUT2D eigenvalue weighted by atomic mass is 35.5. The molecule has 2 aromatic rings. The molecule has 0 saturated carbocycles. The summed E-state index contributed by atoms with van der Waals surface area (Å²) in [6.07, 6.45) is 3.61. The number of nitrogens with zero attached hydrogens (tertiary/aromatic N) is 3. The molecule has 0 spiro atoms. The number of nitrogens with two attached hydrogens (primary N) is 1. The summed E-state index contributed by atoms with van der Waals surface area (Å²) < 4.78 is 1.83. The topological polar surface area (TPSA) is 64.2 Å². The first-order valence-corrected chi connectivity index (χ1v) is 9.65. The molecule has 6 heteroatoms. The predicted octanol–water partition coefficient (Wildman–Crippen LogP) is 3.85. The molecule has 5 nitrogen and oxygen atoms in total. The lowest BCUT2D eigenvalue weighted by Crippen LogP contribution is -2.42. The summed E-state index contributed by atoms with van der Waals surface area (Å²) in [6, 6.07) is 7.72. The monoisotopic (exact) mass is 374 g/mol. The number of halogens is 1. The van der Waals surface area contributed by atoms with E-state index in [0.29, 0.717) is 16.5 Å². The third kappa shape index (κ3) is 3.79. The summed E-state index contributed by atoms with van der Waals surface area (Å²) in [7, 11) is 0. The fraction of sp³-hybridized carbons (Fsp3) is 0.500. The van der Waals surface area contributed by atoms with Gasteiger partial charge in [-0.1, -0.05) is 31.5 Å². The number of piperidine rings is 1. The minimum absolute atomic E-state index is 0.0603. The van der Waals surface area contributed by atoms with Crippen molar-refractivity contribution >= 4 is 17.5 Å². The van der Waals surface area contributed by atoms with Crippen molar-refractivity contribution in [2.75, 3.05) is 13.1 Å². The van der Waals surface area contributed by atoms with Crippen molar-refractivity contribution in [1.82, 2.24) is 14.7 Å². The Labute approximate surface area is 160 Å². The van der Waals surface area contributed by atoms with Gasteiger partial charge in [0.2, 0.25) is 0 Å². The Bertz CT molecular complexity index is 776. The zero-order valence-corrected chi connectivity index (χ0v) is 16.4. The number of amides is 1. The molecule has 0 bridgehead atoms. The Morgan fingerprint density at radius 3 is 2.54 bits per heavy atom. The van der Waals surface area contributed by atoms with Crippen molar-refractivity contribution in [3.05, 3.63) is 46.7 Å². The maximum atomic E-state index is 13.1. The summed E-state index contributed by atoms with van der Waals surface area (Å²) in [4.78, 5) is 15.1. The Balaban J connectivity index is 1.88. The Kier molecular flexibility index (Phi) is 5.68. The normalized spacial score (nSPS) is 16.9. The minimum atomic E-state index is 0.0603. The Morgan fingerprint density at radius 2 is 1.96 bits per heavy atom. The molecule has 1 aromatic carbocycles. The molecule has 1 aliphatic heterocycles. The van der Waals surface area contributed by atoms with Gasteiger partial charge in [-0.15, -0.1) is 0 Å². The maximum absolute atomic E-state index is 13.1. The Hall–Kier alpha value is -1.85. The lowest BCUT2D eigenvalue weighted by atomic mass is 9.90. The minimum Gasteiger partial charge on any atom is -0.339 e. The first-order chi connectivity index (χ1) is 12.4. The van der Waals surface area contributed by atoms with Crippen LogP contribution in [0.5, 0.6) is 0 Å². The van der Waals surface area contributed by atoms with E-state index in [1.54, 1.807) is 6.20 Å². The number of benzene rings is 1. The third-order valence-electron chi connectivity index (χ3n) is 5.21. The summed E-state index contributed by atoms with van der Waals surface area (Å²) in [5.74, 6) is 0.722. The number of likely N-dealkylation sites (tertiary alicyclic amines) is 1. The second kappa shape index (κ2) is 7.80. The molecule has 140 valence electrons. The number of carbonyl (C=O) groups is 1. The highest BCUT2D eigenvalue weighted by Gasteiger charge is 2.29. The molecule has 0 aliphatic carbocycles. The molecule has 0 radical (unpaired) electrons. The standard InChI is InChI=1S/C20H27ClN4O/c1-13(2)19-18(12-23-25(19)17-6-4-5-16(21)11-17)20(26)24-9-7-15(8-10-24)14(3)22/h4-6,11-15H,7-10,22H2,1-3H3. The summed E-state index contributed by atoms with van der Waals surface area (Å²) >= 11 is 6.13. The van der Waals surface area contributed by atoms with Gasteiger partial charge in [-0.2, -0.15) is 5.10 Å². The molecule has 1 unspecified atom stereocenters. The molecule has 2 N–H and O–H groups in total. The molecule has 1 fully saturated rings. The van der Waals surface area contributed by atoms with Crippen molar-refractivity contribution in [2.24, 2.45) is 11.7 Å². The largest absolute Gasteiger partial charge is 0.339 e. The van der Waals surface area contributed by atoms with E-state index in [1.165, 1.54) is 0 Å². The molecular weight excluding hydrogens is 348 g/mol. The fourth-order valence-electron chi connectivity index (χ4n) is 3.69. The van der Waals surface area contributed by atoms with Gasteiger partial charge in [0.05, 0.1) is 23.1 Å². The second-order valence-electron chi connectivity index (χ2n) is 7.48. The molecule has 26 heavy (non-hydrogen) atoms. The molecule has 2 heterocycles. The summed E-state index contributed by atoms with van der Waals surface area (Å²) in [5.41, 5.74) is 8.49. The third-order valence-corrected chi connectivity index (χ3v) is 5.44. The molecular formula is C20H27ClN4O. The van der Waals surface area contributed by atoms with Crippen molar-refractivity contribution < 1.29 is 4.79 Å². The first-order valence-electron chi connectivity index (χ1n) is 9.27. The van der Waals surface area contributed by atoms with Crippen LogP contribution in [-0.4, -0.2) is 39.7 Å². The van der Waals surface area contributed by atoms with Crippen LogP contribution in [0.3, 0.4) is 0 Å². The van der Waals surface area contributed by atoms with Gasteiger partial charge in [-0.25, -0.2) is 4.68 Å². The van der Waals surface area contributed by atoms with E-state index >= 15 is 0 Å². The predicted molar refractivity (Wildman–Crippen MR) is 105 cm³/mol. The van der Waals surface area contributed by atoms with Crippen LogP contribution in [0.4, 0.5) is 0 Å². The number of hydrogen-bond donors (Lipinski definition) is 1. The van der Waals surface area contributed by atoms with Crippen molar-refractivity contribution in [3.63, 3.8) is 0 Å². The van der Waals surface area contributed by atoms with Crippen molar-refractivity contribution in [3.8, 4) is 5.69 Å². The molecule has 3 rings (SSSR count). The average molecular weight is 375 g/mol. The molecule has 1 amide bonds. The zero-order chi connectivity index (χ0) is 18.8. The van der Waals surface area contributed by atoms with E-state index in [0.717, 1.165) is 37.3 Å². The lowest BCUT2D eigenvalue weighted by molar-refractivity contribution is 0.0679. The van der Waals surface area contributed by atoms with Gasteiger partial charge in [-0.05, 0) is 49.8 Å². The Morgan fingerprint density at radius 1 is 1.27 bits per heavy atom. The van der Waals surface area contributed by atoms with E-state index in [9.17, 15) is 4.79 Å². The van der Waals surface area contributed by atoms with Crippen LogP contribution in [0.25, 0.3) is 5.69 Å². The number of hydrogen-bond acceptors (Lipinski definition) is 3. The van der Waals surface area contributed by atoms with Gasteiger partial charge in [-0.3, -0.25) is 4.79 Å². The van der Waals surface area contributed by atoms with Gasteiger partial charge < -0.3 is 10.6 Å². The molecule has 1 aliphatic rings. The van der Waals surface area contributed by atoms with E-state index in [2.05, 4.69) is 18.9 Å².